The molecule has 1 saturated heterocycles. The maximum atomic E-state index is 12.5. The Kier molecular flexibility index (Phi) is 5.19. The molecule has 0 spiro atoms. The number of rotatable bonds is 5. The molecule has 25 heavy (non-hydrogen) atoms. The average Bonchev–Trinajstić information content (AvgIpc) is 2.97. The maximum absolute atomic E-state index is 12.5. The van der Waals surface area contributed by atoms with E-state index in [1.807, 2.05) is 30.3 Å². The van der Waals surface area contributed by atoms with Gasteiger partial charge in [0.25, 0.3) is 0 Å². The van der Waals surface area contributed by atoms with Crippen LogP contribution in [0, 0.1) is 0 Å². The van der Waals surface area contributed by atoms with Crippen LogP contribution < -0.4 is 5.32 Å². The van der Waals surface area contributed by atoms with Gasteiger partial charge >= 0.3 is 6.03 Å². The Hall–Kier alpha value is -2.19. The van der Waals surface area contributed by atoms with Crippen molar-refractivity contribution in [2.24, 2.45) is 0 Å². The Bertz CT molecular complexity index is 864. The fraction of sp³-hybridized carbons (Fsp3) is 0.412. The third kappa shape index (κ3) is 4.08. The number of fused-ring (bicyclic) bond motifs is 1. The van der Waals surface area contributed by atoms with Crippen molar-refractivity contribution in [2.75, 3.05) is 24.7 Å². The van der Waals surface area contributed by atoms with Gasteiger partial charge in [-0.05, 0) is 24.1 Å². The highest BCUT2D eigenvalue weighted by molar-refractivity contribution is 7.91. The summed E-state index contributed by atoms with van der Waals surface area (Å²) in [5.41, 5.74) is 1.78. The number of pyridine rings is 1. The van der Waals surface area contributed by atoms with E-state index in [0.29, 0.717) is 13.0 Å². The van der Waals surface area contributed by atoms with Crippen molar-refractivity contribution in [3.05, 3.63) is 42.1 Å². The SMILES string of the molecule is O=C(NCc1ccnc2ccccc12)N(CCO)C1CCS(=O)(=O)C1. The molecule has 1 fully saturated rings. The van der Waals surface area contributed by atoms with Gasteiger partial charge in [-0.3, -0.25) is 4.98 Å². The second kappa shape index (κ2) is 7.37. The van der Waals surface area contributed by atoms with Crippen LogP contribution in [0.2, 0.25) is 0 Å². The largest absolute Gasteiger partial charge is 0.395 e. The van der Waals surface area contributed by atoms with Crippen LogP contribution in [0.15, 0.2) is 36.5 Å². The number of amides is 2. The normalized spacial score (nSPS) is 19.0. The van der Waals surface area contributed by atoms with E-state index in [4.69, 9.17) is 0 Å². The molecule has 0 aliphatic carbocycles. The summed E-state index contributed by atoms with van der Waals surface area (Å²) in [5.74, 6) is 0.0421. The number of aromatic nitrogens is 1. The van der Waals surface area contributed by atoms with E-state index in [1.165, 1.54) is 4.90 Å². The molecule has 3 rings (SSSR count). The van der Waals surface area contributed by atoms with Crippen molar-refractivity contribution in [2.45, 2.75) is 19.0 Å². The number of hydrogen-bond acceptors (Lipinski definition) is 5. The first-order valence-corrected chi connectivity index (χ1v) is 10.0. The summed E-state index contributed by atoms with van der Waals surface area (Å²) in [6.45, 7) is 0.217. The fourth-order valence-electron chi connectivity index (χ4n) is 3.16. The molecule has 1 atom stereocenters. The van der Waals surface area contributed by atoms with Crippen molar-refractivity contribution in [1.29, 1.82) is 0 Å². The van der Waals surface area contributed by atoms with Crippen molar-refractivity contribution in [3.8, 4) is 0 Å². The van der Waals surface area contributed by atoms with Gasteiger partial charge in [-0.25, -0.2) is 13.2 Å². The Labute approximate surface area is 146 Å². The maximum Gasteiger partial charge on any atom is 0.318 e. The van der Waals surface area contributed by atoms with Crippen LogP contribution in [0.3, 0.4) is 0 Å². The zero-order valence-corrected chi connectivity index (χ0v) is 14.6. The second-order valence-corrected chi connectivity index (χ2v) is 8.35. The van der Waals surface area contributed by atoms with E-state index in [2.05, 4.69) is 10.3 Å². The molecule has 1 aliphatic heterocycles. The Balaban J connectivity index is 1.71. The number of benzene rings is 1. The second-order valence-electron chi connectivity index (χ2n) is 6.12. The van der Waals surface area contributed by atoms with E-state index in [-0.39, 0.29) is 36.7 Å². The molecule has 2 N–H and O–H groups in total. The summed E-state index contributed by atoms with van der Waals surface area (Å²) in [6, 6.07) is 8.77. The summed E-state index contributed by atoms with van der Waals surface area (Å²) in [4.78, 5) is 18.2. The number of carbonyl (C=O) groups is 1. The lowest BCUT2D eigenvalue weighted by Gasteiger charge is -2.27. The topological polar surface area (TPSA) is 99.6 Å². The smallest absolute Gasteiger partial charge is 0.318 e. The summed E-state index contributed by atoms with van der Waals surface area (Å²) < 4.78 is 23.3. The third-order valence-corrected chi connectivity index (χ3v) is 6.17. The van der Waals surface area contributed by atoms with Crippen molar-refractivity contribution in [3.63, 3.8) is 0 Å². The Morgan fingerprint density at radius 2 is 2.12 bits per heavy atom. The number of hydrogen-bond donors (Lipinski definition) is 2. The zero-order valence-electron chi connectivity index (χ0n) is 13.8. The molecule has 2 aromatic rings. The summed E-state index contributed by atoms with van der Waals surface area (Å²) in [5, 5.41) is 13.0. The van der Waals surface area contributed by atoms with Gasteiger partial charge in [0.15, 0.2) is 9.84 Å². The quantitative estimate of drug-likeness (QED) is 0.823. The van der Waals surface area contributed by atoms with Gasteiger partial charge in [0.1, 0.15) is 0 Å². The number of aliphatic hydroxyl groups is 1. The number of aliphatic hydroxyl groups excluding tert-OH is 1. The summed E-state index contributed by atoms with van der Waals surface area (Å²) in [6.07, 6.45) is 2.10. The standard InChI is InChI=1S/C17H21N3O4S/c21-9-8-20(14-6-10-25(23,24)12-14)17(22)19-11-13-5-7-18-16-4-2-1-3-15(13)16/h1-5,7,14,21H,6,8-12H2,(H,19,22). The van der Waals surface area contributed by atoms with Crippen LogP contribution in [0.1, 0.15) is 12.0 Å². The molecule has 1 aliphatic rings. The van der Waals surface area contributed by atoms with Crippen molar-refractivity contribution in [1.82, 2.24) is 15.2 Å². The van der Waals surface area contributed by atoms with Crippen molar-refractivity contribution < 1.29 is 18.3 Å². The van der Waals surface area contributed by atoms with Gasteiger partial charge in [0.05, 0.1) is 23.6 Å². The molecule has 2 amide bonds. The van der Waals surface area contributed by atoms with Crippen molar-refractivity contribution >= 4 is 26.8 Å². The zero-order chi connectivity index (χ0) is 17.9. The van der Waals surface area contributed by atoms with E-state index in [0.717, 1.165) is 16.5 Å². The fourth-order valence-corrected chi connectivity index (χ4v) is 4.89. The molecular formula is C17H21N3O4S. The number of carbonyl (C=O) groups excluding carboxylic acids is 1. The number of para-hydroxylation sites is 1. The lowest BCUT2D eigenvalue weighted by molar-refractivity contribution is 0.157. The highest BCUT2D eigenvalue weighted by Gasteiger charge is 2.34. The molecule has 7 nitrogen and oxygen atoms in total. The first-order chi connectivity index (χ1) is 12.0. The molecule has 8 heteroatoms. The van der Waals surface area contributed by atoms with Gasteiger partial charge in [-0.15, -0.1) is 0 Å². The molecule has 1 unspecified atom stereocenters. The predicted octanol–water partition coefficient (Wildman–Crippen LogP) is 0.926. The van der Waals surface area contributed by atoms with Gasteiger partial charge in [-0.1, -0.05) is 18.2 Å². The lowest BCUT2D eigenvalue weighted by Crippen LogP contribution is -2.47. The highest BCUT2D eigenvalue weighted by Crippen LogP contribution is 2.19. The lowest BCUT2D eigenvalue weighted by atomic mass is 10.1. The molecule has 0 saturated carbocycles. The van der Waals surface area contributed by atoms with Crippen LogP contribution in [0.4, 0.5) is 4.79 Å². The number of urea groups is 1. The van der Waals surface area contributed by atoms with Gasteiger partial charge < -0.3 is 15.3 Å². The molecule has 2 heterocycles. The van der Waals surface area contributed by atoms with Crippen LogP contribution in [0.25, 0.3) is 10.9 Å². The van der Waals surface area contributed by atoms with E-state index < -0.39 is 9.84 Å². The van der Waals surface area contributed by atoms with E-state index in [1.54, 1.807) is 6.20 Å². The first kappa shape index (κ1) is 17.6. The monoisotopic (exact) mass is 363 g/mol. The van der Waals surface area contributed by atoms with Crippen LogP contribution in [-0.2, 0) is 16.4 Å². The summed E-state index contributed by atoms with van der Waals surface area (Å²) >= 11 is 0. The third-order valence-electron chi connectivity index (χ3n) is 4.42. The minimum absolute atomic E-state index is 0.0430. The molecule has 1 aromatic carbocycles. The number of nitrogens with one attached hydrogen (secondary N) is 1. The van der Waals surface area contributed by atoms with Gasteiger partial charge in [0.2, 0.25) is 0 Å². The van der Waals surface area contributed by atoms with Crippen LogP contribution >= 0.6 is 0 Å². The van der Waals surface area contributed by atoms with Gasteiger partial charge in [0, 0.05) is 30.7 Å². The summed E-state index contributed by atoms with van der Waals surface area (Å²) in [7, 11) is -3.10. The highest BCUT2D eigenvalue weighted by atomic mass is 32.2. The molecule has 0 bridgehead atoms. The van der Waals surface area contributed by atoms with Crippen LogP contribution in [-0.4, -0.2) is 60.1 Å². The Morgan fingerprint density at radius 1 is 1.32 bits per heavy atom. The predicted molar refractivity (Wildman–Crippen MR) is 94.8 cm³/mol. The van der Waals surface area contributed by atoms with E-state index >= 15 is 0 Å². The number of sulfone groups is 1. The van der Waals surface area contributed by atoms with E-state index in [9.17, 15) is 18.3 Å². The molecule has 134 valence electrons. The number of nitrogens with zero attached hydrogens (tertiary/aromatic N) is 2. The van der Waals surface area contributed by atoms with Crippen LogP contribution in [0.5, 0.6) is 0 Å². The Morgan fingerprint density at radius 3 is 2.84 bits per heavy atom. The first-order valence-electron chi connectivity index (χ1n) is 8.18. The molecule has 1 aromatic heterocycles. The van der Waals surface area contributed by atoms with Gasteiger partial charge in [-0.2, -0.15) is 0 Å². The average molecular weight is 363 g/mol. The minimum atomic E-state index is -3.10. The molecule has 0 radical (unpaired) electrons. The minimum Gasteiger partial charge on any atom is -0.395 e. The molecular weight excluding hydrogens is 342 g/mol.